The maximum atomic E-state index is 12.2. The first-order valence-electron chi connectivity index (χ1n) is 7.38. The molecule has 0 radical (unpaired) electrons. The molecule has 6 heteroatoms. The molecule has 2 heterocycles. The predicted molar refractivity (Wildman–Crippen MR) is 87.5 cm³/mol. The van der Waals surface area contributed by atoms with E-state index in [4.69, 9.17) is 4.42 Å². The second-order valence-electron chi connectivity index (χ2n) is 5.28. The molecular weight excluding hydrogens is 298 g/mol. The third kappa shape index (κ3) is 3.51. The number of oxazole rings is 1. The molecule has 116 valence electrons. The smallest absolute Gasteiger partial charge is 0.277 e. The van der Waals surface area contributed by atoms with E-state index in [1.807, 2.05) is 30.5 Å². The van der Waals surface area contributed by atoms with Gasteiger partial charge in [-0.2, -0.15) is 0 Å². The molecule has 0 bridgehead atoms. The van der Waals surface area contributed by atoms with Crippen LogP contribution in [0.25, 0.3) is 0 Å². The summed E-state index contributed by atoms with van der Waals surface area (Å²) in [5.41, 5.74) is 1.09. The molecule has 1 aliphatic heterocycles. The molecule has 1 amide bonds. The van der Waals surface area contributed by atoms with Crippen molar-refractivity contribution in [2.75, 3.05) is 24.7 Å². The van der Waals surface area contributed by atoms with E-state index in [0.29, 0.717) is 17.5 Å². The highest BCUT2D eigenvalue weighted by Gasteiger charge is 2.22. The van der Waals surface area contributed by atoms with Gasteiger partial charge < -0.3 is 15.1 Å². The van der Waals surface area contributed by atoms with Crippen LogP contribution in [0, 0.1) is 0 Å². The van der Waals surface area contributed by atoms with Crippen molar-refractivity contribution in [3.63, 3.8) is 0 Å². The Hall–Kier alpha value is -1.79. The minimum absolute atomic E-state index is 0.235. The number of anilines is 1. The van der Waals surface area contributed by atoms with E-state index in [0.717, 1.165) is 36.5 Å². The Morgan fingerprint density at radius 2 is 2.05 bits per heavy atom. The number of nitrogens with zero attached hydrogens (tertiary/aromatic N) is 1. The van der Waals surface area contributed by atoms with Gasteiger partial charge in [0.1, 0.15) is 6.26 Å². The number of hydrogen-bond acceptors (Lipinski definition) is 5. The minimum atomic E-state index is -0.235. The van der Waals surface area contributed by atoms with Crippen molar-refractivity contribution in [1.82, 2.24) is 10.3 Å². The summed E-state index contributed by atoms with van der Waals surface area (Å²) in [6.45, 7) is 1.94. The Kier molecular flexibility index (Phi) is 4.80. The Balaban J connectivity index is 1.65. The first-order chi connectivity index (χ1) is 10.8. The van der Waals surface area contributed by atoms with Gasteiger partial charge in [-0.25, -0.2) is 4.98 Å². The standard InChI is InChI=1S/C16H19N3O2S/c1-22-13-4-2-12(3-5-13)18-15(20)14-10-21-16(19-14)11-6-8-17-9-7-11/h2-5,10-11,17H,6-9H2,1H3,(H,18,20). The van der Waals surface area contributed by atoms with Gasteiger partial charge in [0, 0.05) is 16.5 Å². The molecule has 0 atom stereocenters. The van der Waals surface area contributed by atoms with Crippen molar-refractivity contribution in [1.29, 1.82) is 0 Å². The molecule has 0 unspecified atom stereocenters. The third-order valence-corrected chi connectivity index (χ3v) is 4.53. The van der Waals surface area contributed by atoms with Crippen molar-refractivity contribution in [2.24, 2.45) is 0 Å². The quantitative estimate of drug-likeness (QED) is 0.848. The van der Waals surface area contributed by atoms with E-state index in [2.05, 4.69) is 15.6 Å². The van der Waals surface area contributed by atoms with Gasteiger partial charge >= 0.3 is 0 Å². The second kappa shape index (κ2) is 6.98. The zero-order valence-electron chi connectivity index (χ0n) is 12.5. The number of benzene rings is 1. The van der Waals surface area contributed by atoms with Crippen molar-refractivity contribution < 1.29 is 9.21 Å². The lowest BCUT2D eigenvalue weighted by Gasteiger charge is -2.19. The van der Waals surface area contributed by atoms with Crippen LogP contribution < -0.4 is 10.6 Å². The minimum Gasteiger partial charge on any atom is -0.448 e. The molecule has 0 spiro atoms. The van der Waals surface area contributed by atoms with Crippen LogP contribution in [0.1, 0.15) is 35.1 Å². The maximum absolute atomic E-state index is 12.2. The van der Waals surface area contributed by atoms with E-state index in [9.17, 15) is 4.79 Å². The summed E-state index contributed by atoms with van der Waals surface area (Å²) in [7, 11) is 0. The molecule has 2 N–H and O–H groups in total. The monoisotopic (exact) mass is 317 g/mol. The summed E-state index contributed by atoms with van der Waals surface area (Å²) in [6.07, 6.45) is 5.46. The molecule has 1 aromatic heterocycles. The maximum Gasteiger partial charge on any atom is 0.277 e. The van der Waals surface area contributed by atoms with Crippen LogP contribution >= 0.6 is 11.8 Å². The number of hydrogen-bond donors (Lipinski definition) is 2. The van der Waals surface area contributed by atoms with E-state index >= 15 is 0 Å². The van der Waals surface area contributed by atoms with Gasteiger partial charge in [-0.1, -0.05) is 0 Å². The summed E-state index contributed by atoms with van der Waals surface area (Å²) in [5, 5.41) is 6.15. The Bertz CT molecular complexity index is 633. The van der Waals surface area contributed by atoms with E-state index in [-0.39, 0.29) is 5.91 Å². The van der Waals surface area contributed by atoms with Gasteiger partial charge in [0.25, 0.3) is 5.91 Å². The third-order valence-electron chi connectivity index (χ3n) is 3.79. The largest absolute Gasteiger partial charge is 0.448 e. The van der Waals surface area contributed by atoms with Gasteiger partial charge in [0.2, 0.25) is 0 Å². The van der Waals surface area contributed by atoms with Crippen LogP contribution in [0.2, 0.25) is 0 Å². The van der Waals surface area contributed by atoms with Gasteiger partial charge in [0.05, 0.1) is 0 Å². The topological polar surface area (TPSA) is 67.2 Å². The number of carbonyl (C=O) groups excluding carboxylic acids is 1. The lowest BCUT2D eigenvalue weighted by Crippen LogP contribution is -2.26. The van der Waals surface area contributed by atoms with E-state index < -0.39 is 0 Å². The van der Waals surface area contributed by atoms with Gasteiger partial charge in [-0.3, -0.25) is 4.79 Å². The highest BCUT2D eigenvalue weighted by molar-refractivity contribution is 7.98. The SMILES string of the molecule is CSc1ccc(NC(=O)c2coc(C3CCNCC3)n2)cc1. The number of rotatable bonds is 4. The van der Waals surface area contributed by atoms with Crippen molar-refractivity contribution in [2.45, 2.75) is 23.7 Å². The average Bonchev–Trinajstić information content (AvgIpc) is 3.06. The van der Waals surface area contributed by atoms with Crippen molar-refractivity contribution in [3.05, 3.63) is 42.1 Å². The fourth-order valence-corrected chi connectivity index (χ4v) is 2.93. The number of nitrogens with one attached hydrogen (secondary N) is 2. The molecule has 0 saturated carbocycles. The highest BCUT2D eigenvalue weighted by Crippen LogP contribution is 2.24. The Labute approximate surface area is 133 Å². The Morgan fingerprint density at radius 3 is 2.73 bits per heavy atom. The lowest BCUT2D eigenvalue weighted by atomic mass is 9.98. The van der Waals surface area contributed by atoms with Crippen molar-refractivity contribution >= 4 is 23.4 Å². The van der Waals surface area contributed by atoms with Crippen LogP contribution in [-0.2, 0) is 0 Å². The number of piperidine rings is 1. The molecule has 1 aliphatic rings. The molecule has 2 aromatic rings. The molecule has 5 nitrogen and oxygen atoms in total. The van der Waals surface area contributed by atoms with Crippen molar-refractivity contribution in [3.8, 4) is 0 Å². The first-order valence-corrected chi connectivity index (χ1v) is 8.60. The number of amides is 1. The highest BCUT2D eigenvalue weighted by atomic mass is 32.2. The molecule has 1 saturated heterocycles. The summed E-state index contributed by atoms with van der Waals surface area (Å²) in [4.78, 5) is 17.7. The fourth-order valence-electron chi connectivity index (χ4n) is 2.52. The Morgan fingerprint density at radius 1 is 1.32 bits per heavy atom. The van der Waals surface area contributed by atoms with Crippen LogP contribution in [0.5, 0.6) is 0 Å². The molecule has 3 rings (SSSR count). The van der Waals surface area contributed by atoms with Gasteiger partial charge in [-0.15, -0.1) is 11.8 Å². The van der Waals surface area contributed by atoms with Gasteiger partial charge in [-0.05, 0) is 56.5 Å². The first kappa shape index (κ1) is 15.1. The zero-order valence-corrected chi connectivity index (χ0v) is 13.3. The number of aromatic nitrogens is 1. The van der Waals surface area contributed by atoms with Crippen LogP contribution in [-0.4, -0.2) is 30.2 Å². The average molecular weight is 317 g/mol. The molecule has 1 fully saturated rings. The van der Waals surface area contributed by atoms with Crippen LogP contribution in [0.15, 0.2) is 39.8 Å². The normalized spacial score (nSPS) is 15.7. The van der Waals surface area contributed by atoms with Crippen LogP contribution in [0.4, 0.5) is 5.69 Å². The number of carbonyl (C=O) groups is 1. The number of thioether (sulfide) groups is 1. The molecule has 0 aliphatic carbocycles. The molecule has 1 aromatic carbocycles. The summed E-state index contributed by atoms with van der Waals surface area (Å²) in [5.74, 6) is 0.744. The summed E-state index contributed by atoms with van der Waals surface area (Å²) >= 11 is 1.67. The summed E-state index contributed by atoms with van der Waals surface area (Å²) in [6, 6.07) is 7.72. The van der Waals surface area contributed by atoms with Gasteiger partial charge in [0.15, 0.2) is 11.6 Å². The second-order valence-corrected chi connectivity index (χ2v) is 6.16. The summed E-state index contributed by atoms with van der Waals surface area (Å²) < 4.78 is 5.50. The molecule has 22 heavy (non-hydrogen) atoms. The fraction of sp³-hybridized carbons (Fsp3) is 0.375. The van der Waals surface area contributed by atoms with E-state index in [1.165, 1.54) is 6.26 Å². The lowest BCUT2D eigenvalue weighted by molar-refractivity contribution is 0.102. The predicted octanol–water partition coefficient (Wildman–Crippen LogP) is 3.12. The van der Waals surface area contributed by atoms with E-state index in [1.54, 1.807) is 11.8 Å². The zero-order chi connectivity index (χ0) is 15.4. The van der Waals surface area contributed by atoms with Crippen LogP contribution in [0.3, 0.4) is 0 Å². The molecular formula is C16H19N3O2S.